The Morgan fingerprint density at radius 1 is 0.800 bits per heavy atom. The van der Waals surface area contributed by atoms with Crippen molar-refractivity contribution in [2.24, 2.45) is 0 Å². The molecule has 0 unspecified atom stereocenters. The predicted molar refractivity (Wildman–Crippen MR) is 90.3 cm³/mol. The van der Waals surface area contributed by atoms with Gasteiger partial charge in [-0.1, -0.05) is 70.9 Å². The lowest BCUT2D eigenvalue weighted by molar-refractivity contribution is 0.605. The minimum atomic E-state index is 1.23. The van der Waals surface area contributed by atoms with Crippen LogP contribution in [0.2, 0.25) is 0 Å². The highest BCUT2D eigenvalue weighted by molar-refractivity contribution is 5.33. The van der Waals surface area contributed by atoms with Crippen molar-refractivity contribution < 1.29 is 0 Å². The van der Waals surface area contributed by atoms with Gasteiger partial charge < -0.3 is 0 Å². The number of hydrogen-bond donors (Lipinski definition) is 0. The molecule has 113 valence electrons. The number of benzene rings is 1. The minimum Gasteiger partial charge on any atom is -0.0654 e. The minimum absolute atomic E-state index is 1.23. The van der Waals surface area contributed by atoms with E-state index in [-0.39, 0.29) is 0 Å². The summed E-state index contributed by atoms with van der Waals surface area (Å²) < 4.78 is 0. The van der Waals surface area contributed by atoms with Gasteiger partial charge in [0.15, 0.2) is 0 Å². The Morgan fingerprint density at radius 3 is 2.15 bits per heavy atom. The van der Waals surface area contributed by atoms with Gasteiger partial charge in [0.25, 0.3) is 0 Å². The largest absolute Gasteiger partial charge is 0.0654 e. The van der Waals surface area contributed by atoms with Crippen LogP contribution in [0.15, 0.2) is 12.1 Å². The summed E-state index contributed by atoms with van der Waals surface area (Å²) in [6.07, 6.45) is 14.8. The van der Waals surface area contributed by atoms with E-state index in [0.29, 0.717) is 0 Å². The van der Waals surface area contributed by atoms with Gasteiger partial charge in [0.05, 0.1) is 0 Å². The Labute approximate surface area is 127 Å². The van der Waals surface area contributed by atoms with E-state index in [1.807, 2.05) is 0 Å². The zero-order chi connectivity index (χ0) is 14.6. The molecule has 0 spiro atoms. The Morgan fingerprint density at radius 2 is 1.40 bits per heavy atom. The molecule has 0 aliphatic heterocycles. The highest BCUT2D eigenvalue weighted by atomic mass is 14.1. The van der Waals surface area contributed by atoms with Crippen molar-refractivity contribution in [3.8, 4) is 0 Å². The number of unbranched alkanes of at least 4 members (excludes halogenated alkanes) is 7. The molecule has 1 aromatic carbocycles. The summed E-state index contributed by atoms with van der Waals surface area (Å²) in [6.45, 7) is 6.82. The zero-order valence-electron chi connectivity index (χ0n) is 13.9. The van der Waals surface area contributed by atoms with E-state index in [9.17, 15) is 0 Å². The first kappa shape index (κ1) is 17.3. The summed E-state index contributed by atoms with van der Waals surface area (Å²) in [6, 6.07) is 7.85. The molecule has 0 atom stereocenters. The fourth-order valence-corrected chi connectivity index (χ4v) is 2.90. The molecular formula is C20H33. The lowest BCUT2D eigenvalue weighted by Crippen LogP contribution is -1.99. The molecule has 0 aliphatic rings. The zero-order valence-corrected chi connectivity index (χ0v) is 13.9. The monoisotopic (exact) mass is 273 g/mol. The number of rotatable bonds is 11. The Balaban J connectivity index is 2.41. The van der Waals surface area contributed by atoms with Gasteiger partial charge in [0, 0.05) is 0 Å². The first-order valence-electron chi connectivity index (χ1n) is 8.78. The quantitative estimate of drug-likeness (QED) is 0.407. The average molecular weight is 273 g/mol. The molecule has 0 aromatic heterocycles. The first-order chi connectivity index (χ1) is 9.79. The van der Waals surface area contributed by atoms with Crippen LogP contribution >= 0.6 is 0 Å². The Kier molecular flexibility index (Phi) is 9.45. The molecule has 0 amide bonds. The van der Waals surface area contributed by atoms with Gasteiger partial charge in [-0.05, 0) is 55.4 Å². The van der Waals surface area contributed by atoms with E-state index in [1.165, 1.54) is 81.8 Å². The summed E-state index contributed by atoms with van der Waals surface area (Å²) in [5.74, 6) is 0. The SMILES string of the molecule is CCCCCCCCc1[c]ccc(C)c1CCCCC. The summed E-state index contributed by atoms with van der Waals surface area (Å²) in [5, 5.41) is 0. The van der Waals surface area contributed by atoms with Crippen LogP contribution in [0.4, 0.5) is 0 Å². The van der Waals surface area contributed by atoms with Gasteiger partial charge in [-0.2, -0.15) is 0 Å². The van der Waals surface area contributed by atoms with Crippen molar-refractivity contribution >= 4 is 0 Å². The van der Waals surface area contributed by atoms with Crippen LogP contribution in [-0.2, 0) is 12.8 Å². The summed E-state index contributed by atoms with van der Waals surface area (Å²) in [4.78, 5) is 0. The fourth-order valence-electron chi connectivity index (χ4n) is 2.90. The van der Waals surface area contributed by atoms with Gasteiger partial charge >= 0.3 is 0 Å². The second-order valence-corrected chi connectivity index (χ2v) is 6.09. The Hall–Kier alpha value is -0.780. The maximum absolute atomic E-state index is 3.51. The smallest absolute Gasteiger partial charge is 0.0146 e. The van der Waals surface area contributed by atoms with E-state index >= 15 is 0 Å². The second-order valence-electron chi connectivity index (χ2n) is 6.09. The van der Waals surface area contributed by atoms with Crippen molar-refractivity contribution in [2.75, 3.05) is 0 Å². The van der Waals surface area contributed by atoms with Gasteiger partial charge in [0.1, 0.15) is 0 Å². The lowest BCUT2D eigenvalue weighted by Gasteiger charge is -2.12. The molecule has 1 aromatic rings. The highest BCUT2D eigenvalue weighted by Crippen LogP contribution is 2.19. The van der Waals surface area contributed by atoms with Crippen LogP contribution < -0.4 is 0 Å². The van der Waals surface area contributed by atoms with Crippen molar-refractivity contribution in [1.82, 2.24) is 0 Å². The second kappa shape index (κ2) is 10.9. The standard InChI is InChI=1S/C20H33/c1-4-6-8-9-10-12-15-19-16-13-14-18(3)20(19)17-11-7-5-2/h13-14H,4-12,15,17H2,1-3H3. The van der Waals surface area contributed by atoms with E-state index < -0.39 is 0 Å². The summed E-state index contributed by atoms with van der Waals surface area (Å²) >= 11 is 0. The first-order valence-corrected chi connectivity index (χ1v) is 8.78. The van der Waals surface area contributed by atoms with Crippen LogP contribution in [-0.4, -0.2) is 0 Å². The van der Waals surface area contributed by atoms with E-state index in [1.54, 1.807) is 5.56 Å². The van der Waals surface area contributed by atoms with Gasteiger partial charge in [0.2, 0.25) is 0 Å². The molecule has 0 nitrogen and oxygen atoms in total. The third-order valence-electron chi connectivity index (χ3n) is 4.24. The molecule has 0 saturated heterocycles. The van der Waals surface area contributed by atoms with E-state index in [0.717, 1.165) is 0 Å². The summed E-state index contributed by atoms with van der Waals surface area (Å²) in [7, 11) is 0. The number of aryl methyl sites for hydroxylation is 2. The molecule has 0 heteroatoms. The third kappa shape index (κ3) is 6.59. The topological polar surface area (TPSA) is 0 Å². The molecule has 20 heavy (non-hydrogen) atoms. The predicted octanol–water partition coefficient (Wildman–Crippen LogP) is 6.43. The molecule has 0 bridgehead atoms. The van der Waals surface area contributed by atoms with E-state index in [2.05, 4.69) is 39.0 Å². The van der Waals surface area contributed by atoms with Crippen molar-refractivity contribution in [1.29, 1.82) is 0 Å². The Bertz CT molecular complexity index is 351. The van der Waals surface area contributed by atoms with Crippen LogP contribution in [0, 0.1) is 13.0 Å². The third-order valence-corrected chi connectivity index (χ3v) is 4.24. The number of hydrogen-bond acceptors (Lipinski definition) is 0. The maximum atomic E-state index is 3.51. The van der Waals surface area contributed by atoms with Crippen molar-refractivity contribution in [2.45, 2.75) is 91.4 Å². The van der Waals surface area contributed by atoms with Crippen LogP contribution in [0.3, 0.4) is 0 Å². The van der Waals surface area contributed by atoms with Crippen LogP contribution in [0.1, 0.15) is 88.3 Å². The lowest BCUT2D eigenvalue weighted by atomic mass is 9.93. The average Bonchev–Trinajstić information content (AvgIpc) is 2.45. The molecule has 1 rings (SSSR count). The molecule has 0 saturated carbocycles. The summed E-state index contributed by atoms with van der Waals surface area (Å²) in [5.41, 5.74) is 4.56. The normalized spacial score (nSPS) is 10.9. The molecule has 0 heterocycles. The molecular weight excluding hydrogens is 240 g/mol. The fraction of sp³-hybridized carbons (Fsp3) is 0.700. The highest BCUT2D eigenvalue weighted by Gasteiger charge is 2.05. The van der Waals surface area contributed by atoms with Crippen molar-refractivity contribution in [3.05, 3.63) is 34.9 Å². The van der Waals surface area contributed by atoms with Crippen LogP contribution in [0.5, 0.6) is 0 Å². The molecule has 0 N–H and O–H groups in total. The van der Waals surface area contributed by atoms with Gasteiger partial charge in [-0.3, -0.25) is 0 Å². The molecule has 0 aliphatic carbocycles. The van der Waals surface area contributed by atoms with Gasteiger partial charge in [-0.25, -0.2) is 0 Å². The van der Waals surface area contributed by atoms with Gasteiger partial charge in [-0.15, -0.1) is 0 Å². The molecule has 0 fully saturated rings. The van der Waals surface area contributed by atoms with Crippen LogP contribution in [0.25, 0.3) is 0 Å². The molecule has 1 radical (unpaired) electrons. The van der Waals surface area contributed by atoms with Crippen molar-refractivity contribution in [3.63, 3.8) is 0 Å². The van der Waals surface area contributed by atoms with E-state index in [4.69, 9.17) is 0 Å². The maximum Gasteiger partial charge on any atom is -0.0146 e.